The van der Waals surface area contributed by atoms with Crippen LogP contribution in [0, 0.1) is 0 Å². The Balaban J connectivity index is 4.45. The molecule has 59 heavy (non-hydrogen) atoms. The van der Waals surface area contributed by atoms with E-state index in [1.807, 2.05) is 0 Å². The number of hydrogen-bond acceptors (Lipinski definition) is 6. The largest absolute Gasteiger partial charge is 0.462 e. The second-order valence-corrected chi connectivity index (χ2v) is 16.4. The van der Waals surface area contributed by atoms with Gasteiger partial charge in [-0.05, 0) is 77.0 Å². The van der Waals surface area contributed by atoms with Crippen LogP contribution in [0.1, 0.15) is 239 Å². The average Bonchev–Trinajstić information content (AvgIpc) is 3.23. The van der Waals surface area contributed by atoms with Crippen molar-refractivity contribution in [3.8, 4) is 0 Å². The van der Waals surface area contributed by atoms with Gasteiger partial charge in [0.25, 0.3) is 0 Å². The van der Waals surface area contributed by atoms with E-state index in [0.29, 0.717) is 19.3 Å². The fourth-order valence-corrected chi connectivity index (χ4v) is 6.71. The van der Waals surface area contributed by atoms with Crippen molar-refractivity contribution in [2.75, 3.05) is 13.2 Å². The van der Waals surface area contributed by atoms with Crippen LogP contribution in [0.25, 0.3) is 0 Å². The number of unbranched alkanes of at least 4 members (excludes halogenated alkanes) is 23. The van der Waals surface area contributed by atoms with Crippen molar-refractivity contribution >= 4 is 17.9 Å². The molecule has 0 N–H and O–H groups in total. The zero-order chi connectivity index (χ0) is 43.0. The van der Waals surface area contributed by atoms with Crippen LogP contribution < -0.4 is 0 Å². The van der Waals surface area contributed by atoms with E-state index in [9.17, 15) is 14.4 Å². The highest BCUT2D eigenvalue weighted by Crippen LogP contribution is 2.14. The molecule has 0 aromatic heterocycles. The van der Waals surface area contributed by atoms with Gasteiger partial charge >= 0.3 is 17.9 Å². The molecule has 0 aliphatic carbocycles. The molecule has 0 radical (unpaired) electrons. The van der Waals surface area contributed by atoms with E-state index < -0.39 is 6.10 Å². The molecular formula is C53H92O6. The van der Waals surface area contributed by atoms with Crippen LogP contribution in [0.2, 0.25) is 0 Å². The molecule has 0 aliphatic heterocycles. The van der Waals surface area contributed by atoms with Gasteiger partial charge in [0.1, 0.15) is 13.2 Å². The molecule has 0 heterocycles. The molecule has 0 aromatic rings. The second kappa shape index (κ2) is 47.8. The van der Waals surface area contributed by atoms with Crippen molar-refractivity contribution < 1.29 is 28.6 Å². The number of hydrogen-bond donors (Lipinski definition) is 0. The van der Waals surface area contributed by atoms with Crippen molar-refractivity contribution in [1.82, 2.24) is 0 Å². The third-order valence-corrected chi connectivity index (χ3v) is 10.5. The maximum Gasteiger partial charge on any atom is 0.306 e. The number of allylic oxidation sites excluding steroid dienone is 10. The smallest absolute Gasteiger partial charge is 0.306 e. The Morgan fingerprint density at radius 2 is 0.644 bits per heavy atom. The Kier molecular flexibility index (Phi) is 45.4. The van der Waals surface area contributed by atoms with Crippen LogP contribution in [-0.4, -0.2) is 37.2 Å². The van der Waals surface area contributed by atoms with Crippen LogP contribution in [0.4, 0.5) is 0 Å². The van der Waals surface area contributed by atoms with Crippen molar-refractivity contribution in [1.29, 1.82) is 0 Å². The van der Waals surface area contributed by atoms with Crippen LogP contribution in [0.15, 0.2) is 60.8 Å². The Bertz CT molecular complexity index is 1090. The van der Waals surface area contributed by atoms with Crippen molar-refractivity contribution in [2.45, 2.75) is 245 Å². The standard InChI is InChI=1S/C53H92O6/c1-4-7-10-13-16-19-22-24-25-26-27-29-31-34-37-40-43-46-52(55)58-49-50(48-57-51(54)45-42-39-36-33-30-21-18-15-12-9-6-3)59-53(56)47-44-41-38-35-32-28-23-20-17-14-11-8-5-2/h15-16,18-19,24-25,27,29,34,37,50H,4-14,17,20-23,26,28,30-33,35-36,38-49H2,1-3H3/b18-15-,19-16-,25-24-,29-27-,37-34-/t50-/m0/s1. The third kappa shape index (κ3) is 46.0. The molecule has 0 saturated heterocycles. The molecule has 0 aromatic carbocycles. The topological polar surface area (TPSA) is 78.9 Å². The van der Waals surface area contributed by atoms with Gasteiger partial charge in [0.2, 0.25) is 0 Å². The molecule has 6 nitrogen and oxygen atoms in total. The van der Waals surface area contributed by atoms with Crippen molar-refractivity contribution in [3.63, 3.8) is 0 Å². The molecular weight excluding hydrogens is 733 g/mol. The number of ether oxygens (including phenoxy) is 3. The van der Waals surface area contributed by atoms with Gasteiger partial charge in [0.05, 0.1) is 0 Å². The van der Waals surface area contributed by atoms with Crippen LogP contribution in [-0.2, 0) is 28.6 Å². The first-order chi connectivity index (χ1) is 29.0. The SMILES string of the molecule is CCCC/C=C\CCCCCCCC(=O)OC[C@@H](COC(=O)CCC/C=C\C/C=C\C/C=C\C/C=C\CCCCC)OC(=O)CCCCCCCCCCCCCCC. The maximum absolute atomic E-state index is 12.7. The number of carbonyl (C=O) groups is 3. The molecule has 0 spiro atoms. The van der Waals surface area contributed by atoms with Gasteiger partial charge in [-0.1, -0.05) is 204 Å². The summed E-state index contributed by atoms with van der Waals surface area (Å²) in [4.78, 5) is 37.8. The summed E-state index contributed by atoms with van der Waals surface area (Å²) in [6.45, 7) is 6.51. The van der Waals surface area contributed by atoms with E-state index in [4.69, 9.17) is 14.2 Å². The number of esters is 3. The van der Waals surface area contributed by atoms with Crippen LogP contribution in [0.3, 0.4) is 0 Å². The van der Waals surface area contributed by atoms with Gasteiger partial charge in [-0.15, -0.1) is 0 Å². The molecule has 0 bridgehead atoms. The zero-order valence-corrected chi connectivity index (χ0v) is 38.8. The number of rotatable bonds is 44. The van der Waals surface area contributed by atoms with E-state index in [1.54, 1.807) is 0 Å². The molecule has 0 saturated carbocycles. The van der Waals surface area contributed by atoms with Crippen LogP contribution >= 0.6 is 0 Å². The Hall–Kier alpha value is -2.89. The molecule has 1 atom stereocenters. The van der Waals surface area contributed by atoms with Gasteiger partial charge in [-0.25, -0.2) is 0 Å². The summed E-state index contributed by atoms with van der Waals surface area (Å²) in [5.41, 5.74) is 0. The quantitative estimate of drug-likeness (QED) is 0.0263. The number of carbonyl (C=O) groups excluding carboxylic acids is 3. The van der Waals surface area contributed by atoms with Gasteiger partial charge in [-0.3, -0.25) is 14.4 Å². The maximum atomic E-state index is 12.7. The minimum absolute atomic E-state index is 0.0942. The zero-order valence-electron chi connectivity index (χ0n) is 38.8. The van der Waals surface area contributed by atoms with E-state index in [1.165, 1.54) is 122 Å². The van der Waals surface area contributed by atoms with Crippen LogP contribution in [0.5, 0.6) is 0 Å². The summed E-state index contributed by atoms with van der Waals surface area (Å²) in [5, 5.41) is 0. The summed E-state index contributed by atoms with van der Waals surface area (Å²) in [5.74, 6) is -0.959. The summed E-state index contributed by atoms with van der Waals surface area (Å²) < 4.78 is 16.7. The van der Waals surface area contributed by atoms with E-state index >= 15 is 0 Å². The van der Waals surface area contributed by atoms with Gasteiger partial charge in [0.15, 0.2) is 6.10 Å². The molecule has 0 fully saturated rings. The van der Waals surface area contributed by atoms with Gasteiger partial charge in [-0.2, -0.15) is 0 Å². The highest BCUT2D eigenvalue weighted by Gasteiger charge is 2.19. The Morgan fingerprint density at radius 3 is 1.12 bits per heavy atom. The first-order valence-corrected chi connectivity index (χ1v) is 24.8. The summed E-state index contributed by atoms with van der Waals surface area (Å²) >= 11 is 0. The minimum atomic E-state index is -0.795. The van der Waals surface area contributed by atoms with E-state index in [0.717, 1.165) is 70.6 Å². The summed E-state index contributed by atoms with van der Waals surface area (Å²) in [6.07, 6.45) is 57.8. The average molecular weight is 825 g/mol. The summed E-state index contributed by atoms with van der Waals surface area (Å²) in [7, 11) is 0. The fourth-order valence-electron chi connectivity index (χ4n) is 6.71. The molecule has 0 unspecified atom stereocenters. The normalized spacial score (nSPS) is 12.5. The predicted molar refractivity (Wildman–Crippen MR) is 251 cm³/mol. The fraction of sp³-hybridized carbons (Fsp3) is 0.755. The lowest BCUT2D eigenvalue weighted by atomic mass is 10.0. The molecule has 340 valence electrons. The monoisotopic (exact) mass is 825 g/mol. The first-order valence-electron chi connectivity index (χ1n) is 24.8. The van der Waals surface area contributed by atoms with Gasteiger partial charge in [0, 0.05) is 19.3 Å². The Morgan fingerprint density at radius 1 is 0.339 bits per heavy atom. The highest BCUT2D eigenvalue weighted by atomic mass is 16.6. The third-order valence-electron chi connectivity index (χ3n) is 10.5. The molecule has 0 aliphatic rings. The lowest BCUT2D eigenvalue weighted by molar-refractivity contribution is -0.167. The molecule has 6 heteroatoms. The Labute approximate surface area is 364 Å². The molecule has 0 amide bonds. The second-order valence-electron chi connectivity index (χ2n) is 16.4. The van der Waals surface area contributed by atoms with E-state index in [2.05, 4.69) is 81.5 Å². The van der Waals surface area contributed by atoms with Crippen molar-refractivity contribution in [2.24, 2.45) is 0 Å². The first kappa shape index (κ1) is 56.1. The lowest BCUT2D eigenvalue weighted by Crippen LogP contribution is -2.30. The predicted octanol–water partition coefficient (Wildman–Crippen LogP) is 16.1. The minimum Gasteiger partial charge on any atom is -0.462 e. The summed E-state index contributed by atoms with van der Waals surface area (Å²) in [6, 6.07) is 0. The highest BCUT2D eigenvalue weighted by molar-refractivity contribution is 5.71. The van der Waals surface area contributed by atoms with Gasteiger partial charge < -0.3 is 14.2 Å². The lowest BCUT2D eigenvalue weighted by Gasteiger charge is -2.18. The van der Waals surface area contributed by atoms with Crippen molar-refractivity contribution in [3.05, 3.63) is 60.8 Å². The molecule has 0 rings (SSSR count). The van der Waals surface area contributed by atoms with E-state index in [-0.39, 0.29) is 37.5 Å².